The fourth-order valence-electron chi connectivity index (χ4n) is 1.86. The molecule has 0 aliphatic carbocycles. The largest absolute Gasteiger partial charge is 0.506 e. The number of phenols is 1. The molecule has 2 rings (SSSR count). The maximum atomic E-state index is 11.7. The number of phenolic OH excluding ortho intramolecular Hbond substituents is 1. The van der Waals surface area contributed by atoms with Crippen LogP contribution in [0.4, 0.5) is 27.8 Å². The number of hydrogen-bond donors (Lipinski definition) is 3. The van der Waals surface area contributed by atoms with Crippen LogP contribution in [0.1, 0.15) is 0 Å². The van der Waals surface area contributed by atoms with Crippen LogP contribution in [0.25, 0.3) is 0 Å². The SMILES string of the molecule is COCCOCCOC(=O)Nc1ccc(N=Nc2ccccc2O)c(N)n1. The van der Waals surface area contributed by atoms with Gasteiger partial charge in [-0.05, 0) is 24.3 Å². The highest BCUT2D eigenvalue weighted by molar-refractivity contribution is 5.84. The molecule has 1 heterocycles. The van der Waals surface area contributed by atoms with E-state index in [4.69, 9.17) is 19.9 Å². The number of aromatic hydroxyl groups is 1. The van der Waals surface area contributed by atoms with Crippen LogP contribution in [0.15, 0.2) is 46.6 Å². The van der Waals surface area contributed by atoms with Gasteiger partial charge in [0.25, 0.3) is 0 Å². The number of pyridine rings is 1. The Labute approximate surface area is 156 Å². The maximum absolute atomic E-state index is 11.7. The number of benzene rings is 1. The molecule has 1 aromatic heterocycles. The van der Waals surface area contributed by atoms with Crippen molar-refractivity contribution in [3.8, 4) is 5.75 Å². The molecule has 1 amide bonds. The van der Waals surface area contributed by atoms with Gasteiger partial charge >= 0.3 is 6.09 Å². The summed E-state index contributed by atoms with van der Waals surface area (Å²) in [6, 6.07) is 9.54. The molecule has 0 saturated heterocycles. The van der Waals surface area contributed by atoms with Gasteiger partial charge in [0.2, 0.25) is 0 Å². The van der Waals surface area contributed by atoms with Gasteiger partial charge in [-0.3, -0.25) is 5.32 Å². The molecule has 0 unspecified atom stereocenters. The van der Waals surface area contributed by atoms with Gasteiger partial charge in [0.15, 0.2) is 5.82 Å². The van der Waals surface area contributed by atoms with Crippen LogP contribution in [0.3, 0.4) is 0 Å². The number of aromatic nitrogens is 1. The minimum Gasteiger partial charge on any atom is -0.506 e. The second kappa shape index (κ2) is 10.7. The summed E-state index contributed by atoms with van der Waals surface area (Å²) in [5, 5.41) is 20.0. The molecule has 0 aliphatic rings. The summed E-state index contributed by atoms with van der Waals surface area (Å²) in [6.07, 6.45) is -0.680. The first-order valence-electron chi connectivity index (χ1n) is 8.07. The predicted molar refractivity (Wildman–Crippen MR) is 98.6 cm³/mol. The van der Waals surface area contributed by atoms with E-state index in [0.717, 1.165) is 0 Å². The number of nitrogens with one attached hydrogen (secondary N) is 1. The first-order valence-corrected chi connectivity index (χ1v) is 8.07. The van der Waals surface area contributed by atoms with Crippen molar-refractivity contribution in [2.45, 2.75) is 0 Å². The summed E-state index contributed by atoms with van der Waals surface area (Å²) in [5.41, 5.74) is 6.41. The van der Waals surface area contributed by atoms with Crippen LogP contribution < -0.4 is 11.1 Å². The molecule has 0 spiro atoms. The van der Waals surface area contributed by atoms with Gasteiger partial charge in [-0.25, -0.2) is 9.78 Å². The average Bonchev–Trinajstić information content (AvgIpc) is 2.65. The molecular weight excluding hydrogens is 354 g/mol. The van der Waals surface area contributed by atoms with E-state index in [1.165, 1.54) is 18.2 Å². The van der Waals surface area contributed by atoms with Crippen LogP contribution in [0.2, 0.25) is 0 Å². The second-order valence-electron chi connectivity index (χ2n) is 5.16. The quantitative estimate of drug-likeness (QED) is 0.452. The number of nitrogen functional groups attached to an aromatic ring is 1. The molecule has 1 aromatic carbocycles. The second-order valence-corrected chi connectivity index (χ2v) is 5.16. The first-order chi connectivity index (χ1) is 13.1. The Hall–Kier alpha value is -3.24. The van der Waals surface area contributed by atoms with E-state index in [1.807, 2.05) is 0 Å². The average molecular weight is 375 g/mol. The molecule has 4 N–H and O–H groups in total. The summed E-state index contributed by atoms with van der Waals surface area (Å²) in [6.45, 7) is 1.26. The monoisotopic (exact) mass is 375 g/mol. The number of carbonyl (C=O) groups is 1. The third-order valence-electron chi connectivity index (χ3n) is 3.17. The topological polar surface area (TPSA) is 141 Å². The molecule has 0 fully saturated rings. The Morgan fingerprint density at radius 3 is 2.59 bits per heavy atom. The van der Waals surface area contributed by atoms with Crippen molar-refractivity contribution < 1.29 is 24.1 Å². The fraction of sp³-hybridized carbons (Fsp3) is 0.294. The number of amides is 1. The van der Waals surface area contributed by atoms with Crippen molar-refractivity contribution in [1.29, 1.82) is 0 Å². The third-order valence-corrected chi connectivity index (χ3v) is 3.17. The molecule has 0 radical (unpaired) electrons. The number of ether oxygens (including phenoxy) is 3. The Bertz CT molecular complexity index is 784. The molecular formula is C17H21N5O5. The molecule has 0 aliphatic heterocycles. The molecule has 10 heteroatoms. The summed E-state index contributed by atoms with van der Waals surface area (Å²) < 4.78 is 14.9. The highest BCUT2D eigenvalue weighted by Crippen LogP contribution is 2.29. The Morgan fingerprint density at radius 2 is 1.85 bits per heavy atom. The van der Waals surface area contributed by atoms with E-state index in [0.29, 0.717) is 24.6 Å². The summed E-state index contributed by atoms with van der Waals surface area (Å²) in [7, 11) is 1.57. The number of rotatable bonds is 9. The minimum absolute atomic E-state index is 0.0000116. The lowest BCUT2D eigenvalue weighted by Gasteiger charge is -2.08. The van der Waals surface area contributed by atoms with E-state index in [1.54, 1.807) is 25.3 Å². The predicted octanol–water partition coefficient (Wildman–Crippen LogP) is 3.00. The van der Waals surface area contributed by atoms with Crippen molar-refractivity contribution in [3.05, 3.63) is 36.4 Å². The van der Waals surface area contributed by atoms with Gasteiger partial charge < -0.3 is 25.1 Å². The van der Waals surface area contributed by atoms with E-state index in [2.05, 4.69) is 20.5 Å². The number of hydrogen-bond acceptors (Lipinski definition) is 9. The molecule has 27 heavy (non-hydrogen) atoms. The van der Waals surface area contributed by atoms with Gasteiger partial charge in [0.1, 0.15) is 29.5 Å². The van der Waals surface area contributed by atoms with Gasteiger partial charge in [0.05, 0.1) is 19.8 Å². The van der Waals surface area contributed by atoms with Crippen molar-refractivity contribution in [1.82, 2.24) is 4.98 Å². The molecule has 0 atom stereocenters. The van der Waals surface area contributed by atoms with Crippen LogP contribution in [-0.2, 0) is 14.2 Å². The highest BCUT2D eigenvalue weighted by Gasteiger charge is 2.07. The number of methoxy groups -OCH3 is 1. The van der Waals surface area contributed by atoms with Crippen molar-refractivity contribution in [2.24, 2.45) is 10.2 Å². The number of carbonyl (C=O) groups excluding carboxylic acids is 1. The summed E-state index contributed by atoms with van der Waals surface area (Å²) in [4.78, 5) is 15.7. The Balaban J connectivity index is 1.85. The molecule has 0 saturated carbocycles. The van der Waals surface area contributed by atoms with E-state index in [9.17, 15) is 9.90 Å². The minimum atomic E-state index is -0.680. The van der Waals surface area contributed by atoms with Crippen LogP contribution in [0.5, 0.6) is 5.75 Å². The van der Waals surface area contributed by atoms with Crippen LogP contribution in [-0.4, -0.2) is 49.7 Å². The van der Waals surface area contributed by atoms with Crippen molar-refractivity contribution >= 4 is 29.1 Å². The lowest BCUT2D eigenvalue weighted by atomic mass is 10.3. The van der Waals surface area contributed by atoms with E-state index >= 15 is 0 Å². The van der Waals surface area contributed by atoms with E-state index in [-0.39, 0.29) is 30.6 Å². The number of para-hydroxylation sites is 1. The molecule has 2 aromatic rings. The first kappa shape index (κ1) is 20.1. The standard InChI is InChI=1S/C17H21N5O5/c1-25-8-9-26-10-11-27-17(24)20-15-7-6-13(16(18)19-15)22-21-12-4-2-3-5-14(12)23/h2-7,23H,8-11H2,1H3,(H3,18,19,20,24). The zero-order chi connectivity index (χ0) is 19.5. The van der Waals surface area contributed by atoms with Gasteiger partial charge in [-0.2, -0.15) is 0 Å². The van der Waals surface area contributed by atoms with Crippen LogP contribution >= 0.6 is 0 Å². The fourth-order valence-corrected chi connectivity index (χ4v) is 1.86. The molecule has 0 bridgehead atoms. The molecule has 144 valence electrons. The zero-order valence-corrected chi connectivity index (χ0v) is 14.8. The van der Waals surface area contributed by atoms with Crippen molar-refractivity contribution in [3.63, 3.8) is 0 Å². The number of nitrogens with two attached hydrogens (primary N) is 1. The lowest BCUT2D eigenvalue weighted by Crippen LogP contribution is -2.18. The number of nitrogens with zero attached hydrogens (tertiary/aromatic N) is 3. The zero-order valence-electron chi connectivity index (χ0n) is 14.8. The Kier molecular flexibility index (Phi) is 7.94. The van der Waals surface area contributed by atoms with Crippen LogP contribution in [0, 0.1) is 0 Å². The van der Waals surface area contributed by atoms with Gasteiger partial charge in [-0.15, -0.1) is 10.2 Å². The number of azo groups is 1. The third kappa shape index (κ3) is 6.88. The lowest BCUT2D eigenvalue weighted by molar-refractivity contribution is 0.0447. The summed E-state index contributed by atoms with van der Waals surface area (Å²) >= 11 is 0. The molecule has 10 nitrogen and oxygen atoms in total. The normalized spacial score (nSPS) is 10.9. The van der Waals surface area contributed by atoms with Crippen molar-refractivity contribution in [2.75, 3.05) is 44.6 Å². The smallest absolute Gasteiger partial charge is 0.412 e. The highest BCUT2D eigenvalue weighted by atomic mass is 16.6. The van der Waals surface area contributed by atoms with Gasteiger partial charge in [-0.1, -0.05) is 12.1 Å². The summed E-state index contributed by atoms with van der Waals surface area (Å²) in [5.74, 6) is 0.272. The van der Waals surface area contributed by atoms with Gasteiger partial charge in [0, 0.05) is 7.11 Å². The Morgan fingerprint density at radius 1 is 1.11 bits per heavy atom. The number of anilines is 2. The van der Waals surface area contributed by atoms with E-state index < -0.39 is 6.09 Å². The maximum Gasteiger partial charge on any atom is 0.412 e.